The van der Waals surface area contributed by atoms with Gasteiger partial charge in [0, 0.05) is 9.13 Å². The number of ether oxygens (including phenoxy) is 1. The van der Waals surface area contributed by atoms with Crippen molar-refractivity contribution in [3.8, 4) is 22.6 Å². The van der Waals surface area contributed by atoms with E-state index in [0.29, 0.717) is 11.3 Å². The van der Waals surface area contributed by atoms with Crippen molar-refractivity contribution in [1.82, 2.24) is 5.43 Å². The van der Waals surface area contributed by atoms with Gasteiger partial charge in [-0.3, -0.25) is 4.79 Å². The maximum Gasteiger partial charge on any atom is 0.277 e. The van der Waals surface area contributed by atoms with Crippen LogP contribution in [0.3, 0.4) is 0 Å². The van der Waals surface area contributed by atoms with Gasteiger partial charge >= 0.3 is 0 Å². The van der Waals surface area contributed by atoms with Crippen LogP contribution in [-0.4, -0.2) is 23.8 Å². The van der Waals surface area contributed by atoms with Gasteiger partial charge in [0.25, 0.3) is 5.91 Å². The predicted octanol–water partition coefficient (Wildman–Crippen LogP) is 4.80. The summed E-state index contributed by atoms with van der Waals surface area (Å²) in [7, 11) is 0. The van der Waals surface area contributed by atoms with Crippen LogP contribution in [0.5, 0.6) is 11.5 Å². The second-order valence-corrected chi connectivity index (χ2v) is 8.21. The van der Waals surface area contributed by atoms with Gasteiger partial charge in [-0.15, -0.1) is 0 Å². The zero-order valence-corrected chi connectivity index (χ0v) is 18.9. The quantitative estimate of drug-likeness (QED) is 0.244. The predicted molar refractivity (Wildman–Crippen MR) is 127 cm³/mol. The van der Waals surface area contributed by atoms with Crippen molar-refractivity contribution in [2.24, 2.45) is 5.10 Å². The van der Waals surface area contributed by atoms with Gasteiger partial charge in [0.05, 0.1) is 9.78 Å². The molecule has 3 aromatic carbocycles. The minimum atomic E-state index is -0.386. The first-order valence-corrected chi connectivity index (χ1v) is 10.5. The van der Waals surface area contributed by atoms with Crippen LogP contribution >= 0.6 is 45.2 Å². The van der Waals surface area contributed by atoms with Crippen LogP contribution < -0.4 is 10.2 Å². The van der Waals surface area contributed by atoms with Crippen molar-refractivity contribution in [3.05, 3.63) is 79.4 Å². The number of hydrogen-bond acceptors (Lipinski definition) is 4. The van der Waals surface area contributed by atoms with Crippen molar-refractivity contribution in [2.75, 3.05) is 6.61 Å². The highest BCUT2D eigenvalue weighted by Gasteiger charge is 2.06. The molecule has 142 valence electrons. The Labute approximate surface area is 190 Å². The third-order valence-corrected chi connectivity index (χ3v) is 5.23. The Balaban J connectivity index is 1.52. The molecule has 28 heavy (non-hydrogen) atoms. The summed E-state index contributed by atoms with van der Waals surface area (Å²) in [6.07, 6.45) is 1.41. The van der Waals surface area contributed by atoms with Crippen LogP contribution in [0.4, 0.5) is 0 Å². The molecule has 0 aliphatic carbocycles. The number of hydrazone groups is 1. The number of rotatable bonds is 6. The summed E-state index contributed by atoms with van der Waals surface area (Å²) in [5.41, 5.74) is 5.13. The summed E-state index contributed by atoms with van der Waals surface area (Å²) in [6, 6.07) is 21.2. The van der Waals surface area contributed by atoms with E-state index in [0.717, 1.165) is 18.3 Å². The molecule has 0 spiro atoms. The average molecular weight is 598 g/mol. The second-order valence-electron chi connectivity index (χ2n) is 5.80. The van der Waals surface area contributed by atoms with Gasteiger partial charge in [0.2, 0.25) is 0 Å². The Morgan fingerprint density at radius 1 is 1.04 bits per heavy atom. The molecule has 0 bridgehead atoms. The lowest BCUT2D eigenvalue weighted by Gasteiger charge is -2.07. The molecule has 0 atom stereocenters. The first kappa shape index (κ1) is 20.6. The van der Waals surface area contributed by atoms with Crippen LogP contribution in [0.2, 0.25) is 0 Å². The Morgan fingerprint density at radius 3 is 2.43 bits per heavy atom. The normalized spacial score (nSPS) is 10.8. The highest BCUT2D eigenvalue weighted by Crippen LogP contribution is 2.25. The van der Waals surface area contributed by atoms with Crippen LogP contribution in [0, 0.1) is 7.14 Å². The van der Waals surface area contributed by atoms with E-state index in [2.05, 4.69) is 33.1 Å². The van der Waals surface area contributed by atoms with E-state index in [1.165, 1.54) is 6.21 Å². The summed E-state index contributed by atoms with van der Waals surface area (Å²) in [6.45, 7) is -0.155. The van der Waals surface area contributed by atoms with Gasteiger partial charge in [-0.1, -0.05) is 42.5 Å². The molecule has 3 rings (SSSR count). The number of nitrogens with zero attached hydrogens (tertiary/aromatic N) is 1. The van der Waals surface area contributed by atoms with Gasteiger partial charge < -0.3 is 9.84 Å². The summed E-state index contributed by atoms with van der Waals surface area (Å²) < 4.78 is 7.17. The molecule has 0 heterocycles. The monoisotopic (exact) mass is 598 g/mol. The van der Waals surface area contributed by atoms with Crippen LogP contribution in [0.25, 0.3) is 11.1 Å². The van der Waals surface area contributed by atoms with Crippen LogP contribution in [-0.2, 0) is 4.79 Å². The van der Waals surface area contributed by atoms with E-state index in [-0.39, 0.29) is 18.3 Å². The van der Waals surface area contributed by atoms with Crippen molar-refractivity contribution in [1.29, 1.82) is 0 Å². The lowest BCUT2D eigenvalue weighted by Crippen LogP contribution is -2.24. The standard InChI is InChI=1S/C21H16I2N2O3/c22-17-10-16(21(27)19(23)11-17)12-24-25-20(26)13-28-18-8-6-15(7-9-18)14-4-2-1-3-5-14/h1-12,27H,13H2,(H,25,26). The first-order chi connectivity index (χ1) is 13.5. The fourth-order valence-corrected chi connectivity index (χ4v) is 4.30. The fourth-order valence-electron chi connectivity index (χ4n) is 2.41. The largest absolute Gasteiger partial charge is 0.506 e. The maximum atomic E-state index is 11.9. The topological polar surface area (TPSA) is 70.9 Å². The van der Waals surface area contributed by atoms with Crippen LogP contribution in [0.15, 0.2) is 71.8 Å². The molecule has 0 radical (unpaired) electrons. The molecular formula is C21H16I2N2O3. The lowest BCUT2D eigenvalue weighted by molar-refractivity contribution is -0.123. The van der Waals surface area contributed by atoms with Gasteiger partial charge in [0.1, 0.15) is 11.5 Å². The molecule has 0 saturated carbocycles. The number of nitrogens with one attached hydrogen (secondary N) is 1. The number of phenols is 1. The lowest BCUT2D eigenvalue weighted by atomic mass is 10.1. The maximum absolute atomic E-state index is 11.9. The smallest absolute Gasteiger partial charge is 0.277 e. The molecule has 0 aliphatic rings. The zero-order valence-electron chi connectivity index (χ0n) is 14.6. The second kappa shape index (κ2) is 9.87. The number of aromatic hydroxyl groups is 1. The SMILES string of the molecule is O=C(COc1ccc(-c2ccccc2)cc1)NN=Cc1cc(I)cc(I)c1O. The third-order valence-electron chi connectivity index (χ3n) is 3.78. The van der Waals surface area contributed by atoms with Crippen LogP contribution in [0.1, 0.15) is 5.56 Å². The number of halogens is 2. The molecule has 0 unspecified atom stereocenters. The minimum absolute atomic E-state index is 0.133. The van der Waals surface area contributed by atoms with E-state index in [9.17, 15) is 9.90 Å². The number of hydrogen-bond donors (Lipinski definition) is 2. The molecule has 0 saturated heterocycles. The highest BCUT2D eigenvalue weighted by atomic mass is 127. The average Bonchev–Trinajstić information content (AvgIpc) is 2.71. The third kappa shape index (κ3) is 5.68. The number of phenolic OH excluding ortho intramolecular Hbond substituents is 1. The van der Waals surface area contributed by atoms with Gasteiger partial charge in [-0.2, -0.15) is 5.10 Å². The molecule has 0 fully saturated rings. The molecule has 1 amide bonds. The van der Waals surface area contributed by atoms with E-state index >= 15 is 0 Å². The van der Waals surface area contributed by atoms with Crippen molar-refractivity contribution >= 4 is 57.3 Å². The molecule has 2 N–H and O–H groups in total. The van der Waals surface area contributed by atoms with Gasteiger partial charge in [0.15, 0.2) is 6.61 Å². The number of benzene rings is 3. The van der Waals surface area contributed by atoms with Crippen molar-refractivity contribution in [3.63, 3.8) is 0 Å². The minimum Gasteiger partial charge on any atom is -0.506 e. The molecule has 0 aromatic heterocycles. The Hall–Kier alpha value is -2.14. The summed E-state index contributed by atoms with van der Waals surface area (Å²) in [5, 5.41) is 13.9. The Morgan fingerprint density at radius 2 is 1.71 bits per heavy atom. The summed E-state index contributed by atoms with van der Waals surface area (Å²) >= 11 is 4.20. The Kier molecular flexibility index (Phi) is 7.26. The van der Waals surface area contributed by atoms with Crippen molar-refractivity contribution < 1.29 is 14.6 Å². The summed E-state index contributed by atoms with van der Waals surface area (Å²) in [4.78, 5) is 11.9. The number of carbonyl (C=O) groups is 1. The number of amides is 1. The van der Waals surface area contributed by atoms with Gasteiger partial charge in [-0.25, -0.2) is 5.43 Å². The Bertz CT molecular complexity index is 991. The van der Waals surface area contributed by atoms with Crippen molar-refractivity contribution in [2.45, 2.75) is 0 Å². The first-order valence-electron chi connectivity index (χ1n) is 8.31. The van der Waals surface area contributed by atoms with E-state index in [1.807, 2.05) is 83.3 Å². The zero-order chi connectivity index (χ0) is 19.9. The molecule has 5 nitrogen and oxygen atoms in total. The molecule has 3 aromatic rings. The van der Waals surface area contributed by atoms with E-state index in [4.69, 9.17) is 4.74 Å². The fraction of sp³-hybridized carbons (Fsp3) is 0.0476. The molecule has 0 aliphatic heterocycles. The van der Waals surface area contributed by atoms with E-state index in [1.54, 1.807) is 6.07 Å². The highest BCUT2D eigenvalue weighted by molar-refractivity contribution is 14.1. The molecule has 7 heteroatoms. The summed E-state index contributed by atoms with van der Waals surface area (Å²) in [5.74, 6) is 0.348. The molecular weight excluding hydrogens is 582 g/mol. The van der Waals surface area contributed by atoms with Gasteiger partial charge in [-0.05, 0) is 80.6 Å². The van der Waals surface area contributed by atoms with E-state index < -0.39 is 0 Å². The number of carbonyl (C=O) groups excluding carboxylic acids is 1.